The van der Waals surface area contributed by atoms with Crippen LogP contribution in [0.4, 0.5) is 0 Å². The van der Waals surface area contributed by atoms with Crippen LogP contribution in [0.2, 0.25) is 0 Å². The Bertz CT molecular complexity index is 512. The second-order valence-corrected chi connectivity index (χ2v) is 4.42. The van der Waals surface area contributed by atoms with Gasteiger partial charge < -0.3 is 5.32 Å². The van der Waals surface area contributed by atoms with Crippen LogP contribution in [0.3, 0.4) is 0 Å². The predicted octanol–water partition coefficient (Wildman–Crippen LogP) is 0.750. The van der Waals surface area contributed by atoms with Crippen LogP contribution in [0, 0.1) is 6.92 Å². The number of nitrogens with zero attached hydrogens (tertiary/aromatic N) is 5. The summed E-state index contributed by atoms with van der Waals surface area (Å²) >= 11 is 0. The molecule has 2 heterocycles. The maximum atomic E-state index is 4.30. The van der Waals surface area contributed by atoms with Crippen LogP contribution >= 0.6 is 0 Å². The number of nitrogens with one attached hydrogen (secondary N) is 1. The Morgan fingerprint density at radius 1 is 1.28 bits per heavy atom. The molecule has 2 aromatic heterocycles. The van der Waals surface area contributed by atoms with Gasteiger partial charge in [-0.1, -0.05) is 6.92 Å². The Hall–Kier alpha value is -1.69. The predicted molar refractivity (Wildman–Crippen MR) is 69.1 cm³/mol. The highest BCUT2D eigenvalue weighted by molar-refractivity contribution is 5.21. The quantitative estimate of drug-likeness (QED) is 0.848. The highest BCUT2D eigenvalue weighted by atomic mass is 15.3. The monoisotopic (exact) mass is 248 g/mol. The van der Waals surface area contributed by atoms with Crippen LogP contribution < -0.4 is 5.32 Å². The summed E-state index contributed by atoms with van der Waals surface area (Å²) in [5.74, 6) is 0.976. The zero-order valence-corrected chi connectivity index (χ0v) is 11.4. The molecule has 0 fully saturated rings. The lowest BCUT2D eigenvalue weighted by molar-refractivity contribution is 0.519. The average Bonchev–Trinajstić information content (AvgIpc) is 2.88. The molecule has 0 bridgehead atoms. The van der Waals surface area contributed by atoms with Crippen molar-refractivity contribution in [3.8, 4) is 0 Å². The van der Waals surface area contributed by atoms with Crippen molar-refractivity contribution in [3.05, 3.63) is 29.6 Å². The smallest absolute Gasteiger partial charge is 0.138 e. The second kappa shape index (κ2) is 5.30. The SMILES string of the molecule is CCNC(Cc1ncnn1C)c1cnn(C)c1C. The third kappa shape index (κ3) is 2.43. The Morgan fingerprint density at radius 3 is 2.56 bits per heavy atom. The Morgan fingerprint density at radius 2 is 2.06 bits per heavy atom. The fourth-order valence-corrected chi connectivity index (χ4v) is 2.08. The summed E-state index contributed by atoms with van der Waals surface area (Å²) < 4.78 is 3.71. The third-order valence-electron chi connectivity index (χ3n) is 3.29. The molecule has 0 saturated carbocycles. The van der Waals surface area contributed by atoms with Gasteiger partial charge in [0.1, 0.15) is 12.2 Å². The molecule has 0 aliphatic carbocycles. The van der Waals surface area contributed by atoms with E-state index in [1.165, 1.54) is 11.3 Å². The van der Waals surface area contributed by atoms with E-state index in [-0.39, 0.29) is 6.04 Å². The van der Waals surface area contributed by atoms with Crippen LogP contribution in [-0.2, 0) is 20.5 Å². The lowest BCUT2D eigenvalue weighted by Crippen LogP contribution is -2.24. The molecule has 2 aromatic rings. The van der Waals surface area contributed by atoms with E-state index in [0.717, 1.165) is 18.8 Å². The van der Waals surface area contributed by atoms with Gasteiger partial charge in [0, 0.05) is 37.8 Å². The minimum atomic E-state index is 0.228. The van der Waals surface area contributed by atoms with Crippen LogP contribution in [0.25, 0.3) is 0 Å². The minimum Gasteiger partial charge on any atom is -0.310 e. The van der Waals surface area contributed by atoms with Gasteiger partial charge >= 0.3 is 0 Å². The van der Waals surface area contributed by atoms with Crippen molar-refractivity contribution in [2.45, 2.75) is 26.3 Å². The third-order valence-corrected chi connectivity index (χ3v) is 3.29. The molecule has 1 unspecified atom stereocenters. The van der Waals surface area contributed by atoms with Gasteiger partial charge in [-0.2, -0.15) is 10.2 Å². The number of hydrogen-bond acceptors (Lipinski definition) is 4. The molecule has 1 N–H and O–H groups in total. The molecule has 0 aliphatic rings. The molecule has 0 amide bonds. The van der Waals surface area contributed by atoms with Gasteiger partial charge in [0.15, 0.2) is 0 Å². The normalized spacial score (nSPS) is 12.9. The first-order chi connectivity index (χ1) is 8.63. The van der Waals surface area contributed by atoms with Crippen molar-refractivity contribution >= 4 is 0 Å². The Labute approximate surface area is 107 Å². The van der Waals surface area contributed by atoms with Crippen LogP contribution in [0.1, 0.15) is 30.0 Å². The van der Waals surface area contributed by atoms with Crippen molar-refractivity contribution in [1.29, 1.82) is 0 Å². The van der Waals surface area contributed by atoms with E-state index in [2.05, 4.69) is 34.3 Å². The standard InChI is InChI=1S/C12H20N6/c1-5-13-11(6-12-14-8-16-18(12)4)10-7-15-17(3)9(10)2/h7-8,11,13H,5-6H2,1-4H3. The first kappa shape index (κ1) is 12.8. The molecule has 0 radical (unpaired) electrons. The summed E-state index contributed by atoms with van der Waals surface area (Å²) in [5.41, 5.74) is 2.41. The molecule has 0 aromatic carbocycles. The van der Waals surface area contributed by atoms with Crippen molar-refractivity contribution in [2.24, 2.45) is 14.1 Å². The van der Waals surface area contributed by atoms with Gasteiger partial charge in [0.2, 0.25) is 0 Å². The zero-order chi connectivity index (χ0) is 13.1. The zero-order valence-electron chi connectivity index (χ0n) is 11.4. The largest absolute Gasteiger partial charge is 0.310 e. The van der Waals surface area contributed by atoms with Crippen molar-refractivity contribution in [1.82, 2.24) is 29.9 Å². The summed E-state index contributed by atoms with van der Waals surface area (Å²) in [5, 5.41) is 11.9. The van der Waals surface area contributed by atoms with Crippen LogP contribution in [-0.4, -0.2) is 31.1 Å². The minimum absolute atomic E-state index is 0.228. The van der Waals surface area contributed by atoms with Crippen molar-refractivity contribution in [3.63, 3.8) is 0 Å². The number of aryl methyl sites for hydroxylation is 2. The molecule has 6 nitrogen and oxygen atoms in total. The summed E-state index contributed by atoms with van der Waals surface area (Å²) in [6.07, 6.45) is 4.34. The number of rotatable bonds is 5. The van der Waals surface area contributed by atoms with Gasteiger partial charge in [0.05, 0.1) is 6.20 Å². The maximum absolute atomic E-state index is 4.30. The lowest BCUT2D eigenvalue weighted by Gasteiger charge is -2.17. The van der Waals surface area contributed by atoms with E-state index in [4.69, 9.17) is 0 Å². The van der Waals surface area contributed by atoms with Crippen LogP contribution in [0.5, 0.6) is 0 Å². The number of hydrogen-bond donors (Lipinski definition) is 1. The Kier molecular flexibility index (Phi) is 3.76. The Balaban J connectivity index is 2.23. The molecular weight excluding hydrogens is 228 g/mol. The average molecular weight is 248 g/mol. The highest BCUT2D eigenvalue weighted by Crippen LogP contribution is 2.20. The molecule has 0 spiro atoms. The van der Waals surface area contributed by atoms with Gasteiger partial charge in [-0.15, -0.1) is 0 Å². The second-order valence-electron chi connectivity index (χ2n) is 4.42. The van der Waals surface area contributed by atoms with Crippen LogP contribution in [0.15, 0.2) is 12.5 Å². The highest BCUT2D eigenvalue weighted by Gasteiger charge is 2.18. The molecule has 2 rings (SSSR count). The number of likely N-dealkylation sites (N-methyl/N-ethyl adjacent to an activating group) is 1. The van der Waals surface area contributed by atoms with E-state index in [1.807, 2.05) is 29.7 Å². The summed E-state index contributed by atoms with van der Waals surface area (Å²) in [6, 6.07) is 0.228. The first-order valence-corrected chi connectivity index (χ1v) is 6.18. The molecule has 0 aliphatic heterocycles. The molecule has 1 atom stereocenters. The van der Waals surface area contributed by atoms with Gasteiger partial charge in [-0.25, -0.2) is 4.98 Å². The summed E-state index contributed by atoms with van der Waals surface area (Å²) in [7, 11) is 3.88. The van der Waals surface area contributed by atoms with Gasteiger partial charge in [-0.3, -0.25) is 9.36 Å². The summed E-state index contributed by atoms with van der Waals surface area (Å²) in [6.45, 7) is 5.11. The molecule has 18 heavy (non-hydrogen) atoms. The molecule has 0 saturated heterocycles. The van der Waals surface area contributed by atoms with E-state index in [1.54, 1.807) is 6.33 Å². The van der Waals surface area contributed by atoms with E-state index >= 15 is 0 Å². The first-order valence-electron chi connectivity index (χ1n) is 6.18. The van der Waals surface area contributed by atoms with Gasteiger partial charge in [-0.05, 0) is 13.5 Å². The number of aromatic nitrogens is 5. The maximum Gasteiger partial charge on any atom is 0.138 e. The fourth-order valence-electron chi connectivity index (χ4n) is 2.08. The topological polar surface area (TPSA) is 60.6 Å². The molecule has 6 heteroatoms. The van der Waals surface area contributed by atoms with Gasteiger partial charge in [0.25, 0.3) is 0 Å². The molecule has 98 valence electrons. The summed E-state index contributed by atoms with van der Waals surface area (Å²) in [4.78, 5) is 4.28. The van der Waals surface area contributed by atoms with E-state index in [9.17, 15) is 0 Å². The lowest BCUT2D eigenvalue weighted by atomic mass is 10.0. The fraction of sp³-hybridized carbons (Fsp3) is 0.583. The van der Waals surface area contributed by atoms with E-state index < -0.39 is 0 Å². The van der Waals surface area contributed by atoms with Crippen molar-refractivity contribution in [2.75, 3.05) is 6.54 Å². The molecular formula is C12H20N6. The van der Waals surface area contributed by atoms with E-state index in [0.29, 0.717) is 0 Å². The van der Waals surface area contributed by atoms with Crippen molar-refractivity contribution < 1.29 is 0 Å².